The van der Waals surface area contributed by atoms with E-state index in [0.29, 0.717) is 52.1 Å². The SMILES string of the molecule is Cc1cc2c(C(=Nc3ccc(C(=O)NOCCN(C)C)cc3)c3ccccc3)c(O)[nH]c2cc1C(=O)O. The standard InChI is InChI=1S/C28H28N4O5/c1-17-15-22-23(16-21(17)28(35)36)30-27(34)24(22)25(18-7-5-4-6-8-18)29-20-11-9-19(10-12-20)26(33)31-37-14-13-32(2)3/h4-12,15-16,30,34H,13-14H2,1-3H3,(H,31,33)(H,35,36). The molecule has 1 aromatic heterocycles. The number of carbonyl (C=O) groups excluding carboxylic acids is 1. The number of nitrogens with one attached hydrogen (secondary N) is 2. The number of aliphatic imine (C=N–C) groups is 1. The van der Waals surface area contributed by atoms with E-state index in [4.69, 9.17) is 9.83 Å². The number of hydrogen-bond donors (Lipinski definition) is 4. The molecule has 0 spiro atoms. The summed E-state index contributed by atoms with van der Waals surface area (Å²) in [6, 6.07) is 19.3. The highest BCUT2D eigenvalue weighted by molar-refractivity contribution is 6.22. The molecular weight excluding hydrogens is 472 g/mol. The van der Waals surface area contributed by atoms with Crippen LogP contribution < -0.4 is 5.48 Å². The predicted octanol–water partition coefficient (Wildman–Crippen LogP) is 4.27. The zero-order valence-corrected chi connectivity index (χ0v) is 20.8. The predicted molar refractivity (Wildman–Crippen MR) is 142 cm³/mol. The van der Waals surface area contributed by atoms with Gasteiger partial charge < -0.3 is 20.1 Å². The molecule has 4 aromatic rings. The lowest BCUT2D eigenvalue weighted by Crippen LogP contribution is -2.28. The molecule has 0 radical (unpaired) electrons. The van der Waals surface area contributed by atoms with Crippen molar-refractivity contribution in [1.82, 2.24) is 15.4 Å². The number of amides is 1. The van der Waals surface area contributed by atoms with Crippen LogP contribution in [0.3, 0.4) is 0 Å². The summed E-state index contributed by atoms with van der Waals surface area (Å²) < 4.78 is 0. The van der Waals surface area contributed by atoms with E-state index in [-0.39, 0.29) is 17.4 Å². The zero-order valence-electron chi connectivity index (χ0n) is 20.8. The Morgan fingerprint density at radius 1 is 1.03 bits per heavy atom. The quantitative estimate of drug-likeness (QED) is 0.154. The number of hydroxylamine groups is 1. The lowest BCUT2D eigenvalue weighted by Gasteiger charge is -2.10. The molecule has 1 amide bonds. The number of aromatic carboxylic acids is 1. The number of likely N-dealkylation sites (N-methyl/N-ethyl adjacent to an activating group) is 1. The Morgan fingerprint density at radius 2 is 1.73 bits per heavy atom. The summed E-state index contributed by atoms with van der Waals surface area (Å²) in [7, 11) is 3.83. The van der Waals surface area contributed by atoms with Crippen LogP contribution in [0.5, 0.6) is 5.88 Å². The average Bonchev–Trinajstić information content (AvgIpc) is 3.19. The minimum absolute atomic E-state index is 0.120. The van der Waals surface area contributed by atoms with Crippen molar-refractivity contribution < 1.29 is 24.6 Å². The zero-order chi connectivity index (χ0) is 26.5. The summed E-state index contributed by atoms with van der Waals surface area (Å²) in [6.07, 6.45) is 0. The number of carboxylic acid groups (broad SMARTS) is 1. The Bertz CT molecular complexity index is 1460. The van der Waals surface area contributed by atoms with Crippen molar-refractivity contribution in [2.75, 3.05) is 27.2 Å². The van der Waals surface area contributed by atoms with E-state index in [1.54, 1.807) is 37.3 Å². The molecule has 0 aliphatic carbocycles. The minimum atomic E-state index is -1.04. The largest absolute Gasteiger partial charge is 0.494 e. The first-order valence-electron chi connectivity index (χ1n) is 11.6. The smallest absolute Gasteiger partial charge is 0.336 e. The third-order valence-corrected chi connectivity index (χ3v) is 5.81. The van der Waals surface area contributed by atoms with Gasteiger partial charge in [0.05, 0.1) is 29.1 Å². The third kappa shape index (κ3) is 5.85. The molecule has 9 nitrogen and oxygen atoms in total. The molecule has 0 atom stereocenters. The lowest BCUT2D eigenvalue weighted by atomic mass is 9.98. The molecule has 3 aromatic carbocycles. The van der Waals surface area contributed by atoms with Gasteiger partial charge in [-0.25, -0.2) is 15.3 Å². The van der Waals surface area contributed by atoms with Gasteiger partial charge in [-0.1, -0.05) is 30.3 Å². The fourth-order valence-corrected chi connectivity index (χ4v) is 3.89. The molecule has 0 saturated carbocycles. The average molecular weight is 501 g/mol. The van der Waals surface area contributed by atoms with E-state index in [2.05, 4.69) is 10.5 Å². The monoisotopic (exact) mass is 500 g/mol. The molecule has 0 fully saturated rings. The highest BCUT2D eigenvalue weighted by Crippen LogP contribution is 2.33. The van der Waals surface area contributed by atoms with Crippen LogP contribution in [0, 0.1) is 6.92 Å². The van der Waals surface area contributed by atoms with E-state index in [1.165, 1.54) is 6.07 Å². The van der Waals surface area contributed by atoms with E-state index in [9.17, 15) is 19.8 Å². The molecule has 0 aliphatic heterocycles. The first kappa shape index (κ1) is 25.6. The van der Waals surface area contributed by atoms with Crippen LogP contribution in [-0.2, 0) is 4.84 Å². The van der Waals surface area contributed by atoms with Crippen molar-refractivity contribution in [3.05, 3.63) is 94.5 Å². The number of carboxylic acids is 1. The third-order valence-electron chi connectivity index (χ3n) is 5.81. The van der Waals surface area contributed by atoms with Gasteiger partial charge in [0.25, 0.3) is 5.91 Å². The van der Waals surface area contributed by atoms with Crippen LogP contribution in [0.1, 0.15) is 37.4 Å². The lowest BCUT2D eigenvalue weighted by molar-refractivity contribution is 0.0263. The van der Waals surface area contributed by atoms with E-state index >= 15 is 0 Å². The maximum absolute atomic E-state index is 12.4. The number of aromatic nitrogens is 1. The topological polar surface area (TPSA) is 127 Å². The first-order valence-corrected chi connectivity index (χ1v) is 11.6. The molecule has 0 saturated heterocycles. The van der Waals surface area contributed by atoms with Crippen molar-refractivity contribution in [1.29, 1.82) is 0 Å². The number of benzene rings is 3. The second-order valence-electron chi connectivity index (χ2n) is 8.82. The summed E-state index contributed by atoms with van der Waals surface area (Å²) in [5.41, 5.74) is 6.32. The maximum atomic E-state index is 12.4. The van der Waals surface area contributed by atoms with E-state index < -0.39 is 5.97 Å². The summed E-state index contributed by atoms with van der Waals surface area (Å²) in [6.45, 7) is 2.75. The number of aromatic amines is 1. The van der Waals surface area contributed by atoms with Gasteiger partial charge in [-0.15, -0.1) is 0 Å². The second-order valence-corrected chi connectivity index (χ2v) is 8.82. The Balaban J connectivity index is 1.71. The van der Waals surface area contributed by atoms with E-state index in [1.807, 2.05) is 49.3 Å². The van der Waals surface area contributed by atoms with Gasteiger partial charge in [-0.05, 0) is 63.0 Å². The molecule has 0 bridgehead atoms. The van der Waals surface area contributed by atoms with Crippen LogP contribution in [0.15, 0.2) is 71.7 Å². The fourth-order valence-electron chi connectivity index (χ4n) is 3.89. The van der Waals surface area contributed by atoms with Gasteiger partial charge in [0.1, 0.15) is 0 Å². The number of nitrogens with zero attached hydrogens (tertiary/aromatic N) is 2. The highest BCUT2D eigenvalue weighted by Gasteiger charge is 2.21. The van der Waals surface area contributed by atoms with Crippen LogP contribution in [0.4, 0.5) is 5.69 Å². The molecular formula is C28H28N4O5. The van der Waals surface area contributed by atoms with Crippen LogP contribution in [-0.4, -0.2) is 64.9 Å². The van der Waals surface area contributed by atoms with Crippen molar-refractivity contribution in [2.24, 2.45) is 4.99 Å². The van der Waals surface area contributed by atoms with Crippen molar-refractivity contribution in [3.63, 3.8) is 0 Å². The summed E-state index contributed by atoms with van der Waals surface area (Å²) >= 11 is 0. The fraction of sp³-hybridized carbons (Fsp3) is 0.179. The Labute approximate surface area is 214 Å². The number of rotatable bonds is 9. The van der Waals surface area contributed by atoms with Gasteiger partial charge in [-0.3, -0.25) is 9.63 Å². The number of carbonyl (C=O) groups is 2. The molecule has 4 rings (SSSR count). The van der Waals surface area contributed by atoms with Crippen molar-refractivity contribution in [3.8, 4) is 5.88 Å². The molecule has 0 aliphatic rings. The Kier molecular flexibility index (Phi) is 7.66. The minimum Gasteiger partial charge on any atom is -0.494 e. The Hall–Kier alpha value is -4.47. The summed E-state index contributed by atoms with van der Waals surface area (Å²) in [5, 5.41) is 21.0. The molecule has 0 unspecified atom stereocenters. The van der Waals surface area contributed by atoms with Gasteiger partial charge in [0, 0.05) is 28.6 Å². The maximum Gasteiger partial charge on any atom is 0.336 e. The molecule has 1 heterocycles. The highest BCUT2D eigenvalue weighted by atomic mass is 16.6. The normalized spacial score (nSPS) is 11.7. The number of aryl methyl sites for hydroxylation is 1. The van der Waals surface area contributed by atoms with Crippen LogP contribution >= 0.6 is 0 Å². The molecule has 190 valence electrons. The van der Waals surface area contributed by atoms with Gasteiger partial charge >= 0.3 is 5.97 Å². The number of hydrogen-bond acceptors (Lipinski definition) is 6. The van der Waals surface area contributed by atoms with Crippen molar-refractivity contribution in [2.45, 2.75) is 6.92 Å². The number of aromatic hydroxyl groups is 1. The van der Waals surface area contributed by atoms with Crippen LogP contribution in [0.25, 0.3) is 10.9 Å². The van der Waals surface area contributed by atoms with Crippen LogP contribution in [0.2, 0.25) is 0 Å². The molecule has 37 heavy (non-hydrogen) atoms. The van der Waals surface area contributed by atoms with Crippen molar-refractivity contribution >= 4 is 34.2 Å². The number of H-pyrrole nitrogens is 1. The van der Waals surface area contributed by atoms with Gasteiger partial charge in [-0.2, -0.15) is 0 Å². The first-order chi connectivity index (χ1) is 17.7. The Morgan fingerprint density at radius 3 is 2.38 bits per heavy atom. The molecule has 4 N–H and O–H groups in total. The van der Waals surface area contributed by atoms with E-state index in [0.717, 1.165) is 5.56 Å². The van der Waals surface area contributed by atoms with Gasteiger partial charge in [0.15, 0.2) is 5.88 Å². The summed E-state index contributed by atoms with van der Waals surface area (Å²) in [4.78, 5) is 38.8. The molecule has 9 heteroatoms. The number of fused-ring (bicyclic) bond motifs is 1. The second kappa shape index (κ2) is 11.1. The van der Waals surface area contributed by atoms with Gasteiger partial charge in [0.2, 0.25) is 0 Å². The summed E-state index contributed by atoms with van der Waals surface area (Å²) in [5.74, 6) is -1.53.